The van der Waals surface area contributed by atoms with Crippen LogP contribution in [0.2, 0.25) is 0 Å². The Labute approximate surface area is 196 Å². The normalized spacial score (nSPS) is 14.9. The van der Waals surface area contributed by atoms with Crippen LogP contribution in [0.25, 0.3) is 0 Å². The van der Waals surface area contributed by atoms with Crippen LogP contribution >= 0.6 is 11.8 Å². The summed E-state index contributed by atoms with van der Waals surface area (Å²) in [7, 11) is 0. The van der Waals surface area contributed by atoms with Crippen molar-refractivity contribution in [1.29, 1.82) is 0 Å². The third-order valence-electron chi connectivity index (χ3n) is 5.06. The first-order chi connectivity index (χ1) is 13.5. The van der Waals surface area contributed by atoms with Gasteiger partial charge in [-0.2, -0.15) is 0 Å². The van der Waals surface area contributed by atoms with Crippen molar-refractivity contribution in [3.63, 3.8) is 0 Å². The van der Waals surface area contributed by atoms with E-state index < -0.39 is 0 Å². The van der Waals surface area contributed by atoms with Crippen LogP contribution in [-0.4, -0.2) is 53.3 Å². The minimum atomic E-state index is -0.101. The van der Waals surface area contributed by atoms with Gasteiger partial charge in [-0.05, 0) is 30.5 Å². The van der Waals surface area contributed by atoms with Crippen LogP contribution in [0.1, 0.15) is 32.3 Å². The van der Waals surface area contributed by atoms with Crippen molar-refractivity contribution in [3.05, 3.63) is 64.1 Å². The SMILES string of the molecule is C/C(=C\CN1CCN(c2cccc(C(C)C)c2)CC1)CSc1nccc(=O)[nH]1.[Cl-].[Cl-]. The molecule has 1 aromatic carbocycles. The lowest BCUT2D eigenvalue weighted by molar-refractivity contribution is -0.001000. The number of rotatable bonds is 7. The third-order valence-corrected chi connectivity index (χ3v) is 6.14. The van der Waals surface area contributed by atoms with Crippen molar-refractivity contribution < 1.29 is 24.8 Å². The van der Waals surface area contributed by atoms with Gasteiger partial charge < -0.3 is 34.7 Å². The maximum Gasteiger partial charge on any atom is 0.251 e. The Bertz CT molecular complexity index is 864. The molecule has 0 atom stereocenters. The zero-order valence-corrected chi connectivity index (χ0v) is 20.1. The summed E-state index contributed by atoms with van der Waals surface area (Å²) in [4.78, 5) is 23.2. The molecule has 2 heterocycles. The Morgan fingerprint density at radius 2 is 1.93 bits per heavy atom. The molecule has 0 bridgehead atoms. The second kappa shape index (κ2) is 13.1. The van der Waals surface area contributed by atoms with E-state index in [2.05, 4.69) is 70.9 Å². The van der Waals surface area contributed by atoms with Gasteiger partial charge in [0, 0.05) is 56.4 Å². The molecule has 0 spiro atoms. The molecular formula is C22H30Cl2N4OS-2. The number of H-pyrrole nitrogens is 1. The molecule has 0 amide bonds. The number of nitrogens with zero attached hydrogens (tertiary/aromatic N) is 3. The zero-order chi connectivity index (χ0) is 19.9. The number of hydrogen-bond donors (Lipinski definition) is 1. The van der Waals surface area contributed by atoms with Gasteiger partial charge in [0.25, 0.3) is 5.56 Å². The molecule has 1 N–H and O–H groups in total. The Morgan fingerprint density at radius 1 is 1.20 bits per heavy atom. The molecule has 1 fully saturated rings. The van der Waals surface area contributed by atoms with E-state index >= 15 is 0 Å². The molecule has 1 aromatic heterocycles. The molecule has 0 aliphatic carbocycles. The summed E-state index contributed by atoms with van der Waals surface area (Å²) in [5, 5.41) is 0.678. The highest BCUT2D eigenvalue weighted by molar-refractivity contribution is 7.99. The fraction of sp³-hybridized carbons (Fsp3) is 0.455. The number of piperazine rings is 1. The van der Waals surface area contributed by atoms with Gasteiger partial charge in [-0.1, -0.05) is 49.4 Å². The van der Waals surface area contributed by atoms with Gasteiger partial charge in [-0.3, -0.25) is 9.69 Å². The summed E-state index contributed by atoms with van der Waals surface area (Å²) >= 11 is 1.57. The van der Waals surface area contributed by atoms with Crippen molar-refractivity contribution in [2.75, 3.05) is 43.4 Å². The number of nitrogens with one attached hydrogen (secondary N) is 1. The van der Waals surface area contributed by atoms with Crippen molar-refractivity contribution in [2.24, 2.45) is 0 Å². The molecule has 1 aliphatic heterocycles. The lowest BCUT2D eigenvalue weighted by atomic mass is 10.0. The topological polar surface area (TPSA) is 52.2 Å². The maximum absolute atomic E-state index is 11.3. The molecule has 0 unspecified atom stereocenters. The van der Waals surface area contributed by atoms with Crippen LogP contribution in [0.5, 0.6) is 0 Å². The van der Waals surface area contributed by atoms with E-state index in [9.17, 15) is 4.79 Å². The van der Waals surface area contributed by atoms with Crippen molar-refractivity contribution in [2.45, 2.75) is 31.8 Å². The predicted octanol–water partition coefficient (Wildman–Crippen LogP) is -2.24. The van der Waals surface area contributed by atoms with Gasteiger partial charge in [0.1, 0.15) is 0 Å². The van der Waals surface area contributed by atoms with E-state index in [0.717, 1.165) is 38.5 Å². The highest BCUT2D eigenvalue weighted by Gasteiger charge is 2.17. The summed E-state index contributed by atoms with van der Waals surface area (Å²) in [5.41, 5.74) is 3.96. The van der Waals surface area contributed by atoms with E-state index in [-0.39, 0.29) is 30.4 Å². The van der Waals surface area contributed by atoms with Crippen LogP contribution in [0.3, 0.4) is 0 Å². The summed E-state index contributed by atoms with van der Waals surface area (Å²) in [5.74, 6) is 1.41. The number of hydrogen-bond acceptors (Lipinski definition) is 5. The standard InChI is InChI=1S/C22H30N4OS.2ClH/c1-17(2)19-5-4-6-20(15-19)26-13-11-25(12-14-26)10-8-18(3)16-28-22-23-9-7-21(27)24-22;;/h4-9,15,17H,10-14,16H2,1-3H3,(H,23,24,27);2*1H/p-2/b18-8+;;. The molecule has 30 heavy (non-hydrogen) atoms. The minimum absolute atomic E-state index is 0. The molecule has 2 aromatic rings. The summed E-state index contributed by atoms with van der Waals surface area (Å²) in [6.45, 7) is 11.9. The van der Waals surface area contributed by atoms with E-state index in [0.29, 0.717) is 11.1 Å². The fourth-order valence-electron chi connectivity index (χ4n) is 3.22. The van der Waals surface area contributed by atoms with Crippen LogP contribution in [0, 0.1) is 0 Å². The van der Waals surface area contributed by atoms with Crippen LogP contribution in [0.15, 0.2) is 58.1 Å². The first kappa shape index (κ1) is 26.6. The van der Waals surface area contributed by atoms with E-state index in [1.807, 2.05) is 0 Å². The number of aromatic amines is 1. The van der Waals surface area contributed by atoms with E-state index in [1.165, 1.54) is 22.9 Å². The van der Waals surface area contributed by atoms with Gasteiger partial charge >= 0.3 is 0 Å². The van der Waals surface area contributed by atoms with Crippen molar-refractivity contribution >= 4 is 17.4 Å². The van der Waals surface area contributed by atoms with Crippen molar-refractivity contribution in [3.8, 4) is 0 Å². The molecule has 0 radical (unpaired) electrons. The van der Waals surface area contributed by atoms with Crippen LogP contribution < -0.4 is 35.3 Å². The minimum Gasteiger partial charge on any atom is -1.00 e. The largest absolute Gasteiger partial charge is 1.00 e. The number of thioether (sulfide) groups is 1. The molecular weight excluding hydrogens is 439 g/mol. The molecule has 1 saturated heterocycles. The summed E-state index contributed by atoms with van der Waals surface area (Å²) in [6.07, 6.45) is 3.85. The fourth-order valence-corrected chi connectivity index (χ4v) is 4.01. The van der Waals surface area contributed by atoms with Crippen LogP contribution in [-0.2, 0) is 0 Å². The maximum atomic E-state index is 11.3. The Kier molecular flexibility index (Phi) is 11.6. The summed E-state index contributed by atoms with van der Waals surface area (Å²) < 4.78 is 0. The number of aromatic nitrogens is 2. The van der Waals surface area contributed by atoms with Gasteiger partial charge in [0.15, 0.2) is 5.16 Å². The highest BCUT2D eigenvalue weighted by Crippen LogP contribution is 2.22. The molecule has 1 aliphatic rings. The average Bonchev–Trinajstić information content (AvgIpc) is 2.71. The Balaban J connectivity index is 0.00000225. The van der Waals surface area contributed by atoms with Crippen LogP contribution in [0.4, 0.5) is 5.69 Å². The van der Waals surface area contributed by atoms with Gasteiger partial charge in [0.2, 0.25) is 0 Å². The Hall–Kier alpha value is -1.47. The molecule has 3 rings (SSSR count). The smallest absolute Gasteiger partial charge is 0.251 e. The molecule has 0 saturated carbocycles. The number of halogens is 2. The second-order valence-electron chi connectivity index (χ2n) is 7.62. The Morgan fingerprint density at radius 3 is 2.60 bits per heavy atom. The predicted molar refractivity (Wildman–Crippen MR) is 119 cm³/mol. The summed E-state index contributed by atoms with van der Waals surface area (Å²) in [6, 6.07) is 10.4. The van der Waals surface area contributed by atoms with Gasteiger partial charge in [0.05, 0.1) is 0 Å². The van der Waals surface area contributed by atoms with E-state index in [1.54, 1.807) is 18.0 Å². The monoisotopic (exact) mass is 468 g/mol. The molecule has 8 heteroatoms. The first-order valence-corrected chi connectivity index (χ1v) is 10.9. The van der Waals surface area contributed by atoms with Gasteiger partial charge in [-0.15, -0.1) is 0 Å². The van der Waals surface area contributed by atoms with Gasteiger partial charge in [-0.25, -0.2) is 4.98 Å². The molecule has 166 valence electrons. The molecule has 5 nitrogen and oxygen atoms in total. The zero-order valence-electron chi connectivity index (χ0n) is 17.8. The van der Waals surface area contributed by atoms with E-state index in [4.69, 9.17) is 0 Å². The lowest BCUT2D eigenvalue weighted by Crippen LogP contribution is -3.00. The average molecular weight is 469 g/mol. The number of anilines is 1. The quantitative estimate of drug-likeness (QED) is 0.283. The second-order valence-corrected chi connectivity index (χ2v) is 8.58. The van der Waals surface area contributed by atoms with Crippen molar-refractivity contribution in [1.82, 2.24) is 14.9 Å². The highest BCUT2D eigenvalue weighted by atomic mass is 35.5. The lowest BCUT2D eigenvalue weighted by Gasteiger charge is -2.36. The first-order valence-electron chi connectivity index (χ1n) is 9.92. The number of benzene rings is 1. The third kappa shape index (κ3) is 7.99.